The third kappa shape index (κ3) is 3.53. The average Bonchev–Trinajstić information content (AvgIpc) is 2.85. The molecule has 2 aromatic rings. The van der Waals surface area contributed by atoms with E-state index >= 15 is 0 Å². The average molecular weight is 284 g/mol. The van der Waals surface area contributed by atoms with Crippen LogP contribution in [-0.4, -0.2) is 9.55 Å². The molecule has 6 heteroatoms. The highest BCUT2D eigenvalue weighted by Gasteiger charge is 2.29. The zero-order valence-electron chi connectivity index (χ0n) is 11.2. The molecule has 1 heterocycles. The number of nitrogens with zero attached hydrogens (tertiary/aromatic N) is 2. The van der Waals surface area contributed by atoms with E-state index in [2.05, 4.69) is 4.98 Å². The summed E-state index contributed by atoms with van der Waals surface area (Å²) in [5.74, 6) is 0.386. The van der Waals surface area contributed by atoms with Crippen molar-refractivity contribution in [2.24, 2.45) is 0 Å². The third-order valence-corrected chi connectivity index (χ3v) is 2.82. The predicted molar refractivity (Wildman–Crippen MR) is 68.4 cm³/mol. The second-order valence-corrected chi connectivity index (χ2v) is 4.72. The van der Waals surface area contributed by atoms with Crippen LogP contribution in [-0.2, 0) is 12.8 Å². The van der Waals surface area contributed by atoms with E-state index in [1.54, 1.807) is 6.33 Å². The lowest BCUT2D eigenvalue weighted by Crippen LogP contribution is -2.04. The topological polar surface area (TPSA) is 27.1 Å². The van der Waals surface area contributed by atoms with Gasteiger partial charge in [-0.1, -0.05) is 0 Å². The first kappa shape index (κ1) is 14.4. The first-order valence-corrected chi connectivity index (χ1v) is 6.18. The van der Waals surface area contributed by atoms with Crippen LogP contribution in [0.15, 0.2) is 36.8 Å². The monoisotopic (exact) mass is 284 g/mol. The molecule has 0 spiro atoms. The van der Waals surface area contributed by atoms with Gasteiger partial charge in [0.1, 0.15) is 12.4 Å². The van der Waals surface area contributed by atoms with Crippen LogP contribution >= 0.6 is 0 Å². The zero-order valence-corrected chi connectivity index (χ0v) is 11.2. The van der Waals surface area contributed by atoms with Crippen molar-refractivity contribution in [1.82, 2.24) is 9.55 Å². The van der Waals surface area contributed by atoms with Gasteiger partial charge in [0.05, 0.1) is 17.6 Å². The van der Waals surface area contributed by atoms with Gasteiger partial charge in [0.2, 0.25) is 0 Å². The lowest BCUT2D eigenvalue weighted by Gasteiger charge is -2.08. The summed E-state index contributed by atoms with van der Waals surface area (Å²) in [6.07, 6.45) is -0.764. The Hall–Kier alpha value is -1.98. The van der Waals surface area contributed by atoms with Gasteiger partial charge in [-0.2, -0.15) is 13.2 Å². The third-order valence-electron chi connectivity index (χ3n) is 2.82. The second kappa shape index (κ2) is 5.56. The van der Waals surface area contributed by atoms with Gasteiger partial charge in [-0.15, -0.1) is 0 Å². The Balaban J connectivity index is 1.97. The SMILES string of the molecule is CC(C)n1cnc(COc2ccc(C(F)(F)F)cc2)c1. The van der Waals surface area contributed by atoms with E-state index in [0.717, 1.165) is 17.8 Å². The number of imidazole rings is 1. The van der Waals surface area contributed by atoms with E-state index in [-0.39, 0.29) is 6.61 Å². The van der Waals surface area contributed by atoms with E-state index in [9.17, 15) is 13.2 Å². The van der Waals surface area contributed by atoms with Crippen molar-refractivity contribution in [2.75, 3.05) is 0 Å². The van der Waals surface area contributed by atoms with Crippen molar-refractivity contribution in [2.45, 2.75) is 32.7 Å². The fourth-order valence-electron chi connectivity index (χ4n) is 1.63. The zero-order chi connectivity index (χ0) is 14.8. The second-order valence-electron chi connectivity index (χ2n) is 4.72. The van der Waals surface area contributed by atoms with Crippen LogP contribution in [0.3, 0.4) is 0 Å². The highest BCUT2D eigenvalue weighted by molar-refractivity contribution is 5.28. The molecule has 108 valence electrons. The maximum atomic E-state index is 12.4. The number of rotatable bonds is 4. The quantitative estimate of drug-likeness (QED) is 0.846. The molecule has 0 atom stereocenters. The van der Waals surface area contributed by atoms with Crippen molar-refractivity contribution in [3.05, 3.63) is 48.0 Å². The normalized spacial score (nSPS) is 11.9. The van der Waals surface area contributed by atoms with Gasteiger partial charge in [0.15, 0.2) is 0 Å². The number of benzene rings is 1. The fraction of sp³-hybridized carbons (Fsp3) is 0.357. The van der Waals surface area contributed by atoms with Gasteiger partial charge in [0, 0.05) is 12.2 Å². The summed E-state index contributed by atoms with van der Waals surface area (Å²) in [7, 11) is 0. The summed E-state index contributed by atoms with van der Waals surface area (Å²) >= 11 is 0. The van der Waals surface area contributed by atoms with E-state index in [1.165, 1.54) is 12.1 Å². The van der Waals surface area contributed by atoms with Crippen LogP contribution in [0.1, 0.15) is 31.1 Å². The summed E-state index contributed by atoms with van der Waals surface area (Å²) in [6.45, 7) is 4.29. The summed E-state index contributed by atoms with van der Waals surface area (Å²) in [5, 5.41) is 0. The molecule has 0 amide bonds. The first-order valence-electron chi connectivity index (χ1n) is 6.18. The molecule has 1 aromatic carbocycles. The van der Waals surface area contributed by atoms with Gasteiger partial charge < -0.3 is 9.30 Å². The molecule has 0 radical (unpaired) electrons. The van der Waals surface area contributed by atoms with Crippen LogP contribution in [0.2, 0.25) is 0 Å². The number of alkyl halides is 3. The molecule has 0 saturated heterocycles. The van der Waals surface area contributed by atoms with E-state index in [1.807, 2.05) is 24.6 Å². The Labute approximate surface area is 115 Å². The van der Waals surface area contributed by atoms with E-state index in [4.69, 9.17) is 4.74 Å². The fourth-order valence-corrected chi connectivity index (χ4v) is 1.63. The predicted octanol–water partition coefficient (Wildman–Crippen LogP) is 4.06. The minimum Gasteiger partial charge on any atom is -0.487 e. The summed E-state index contributed by atoms with van der Waals surface area (Å²) in [5.41, 5.74) is 0.0486. The molecule has 0 aliphatic rings. The number of hydrogen-bond donors (Lipinski definition) is 0. The molecular weight excluding hydrogens is 269 g/mol. The van der Waals surface area contributed by atoms with Crippen molar-refractivity contribution < 1.29 is 17.9 Å². The van der Waals surface area contributed by atoms with Gasteiger partial charge in [-0.25, -0.2) is 4.98 Å². The van der Waals surface area contributed by atoms with Crippen LogP contribution in [0.4, 0.5) is 13.2 Å². The van der Waals surface area contributed by atoms with E-state index < -0.39 is 11.7 Å². The molecule has 0 saturated carbocycles. The van der Waals surface area contributed by atoms with Gasteiger partial charge in [-0.05, 0) is 38.1 Å². The van der Waals surface area contributed by atoms with Crippen molar-refractivity contribution in [1.29, 1.82) is 0 Å². The van der Waals surface area contributed by atoms with Crippen molar-refractivity contribution >= 4 is 0 Å². The molecule has 2 rings (SSSR count). The summed E-state index contributed by atoms with van der Waals surface area (Å²) < 4.78 is 44.5. The Bertz CT molecular complexity index is 559. The maximum Gasteiger partial charge on any atom is 0.416 e. The minimum absolute atomic E-state index is 0.227. The lowest BCUT2D eigenvalue weighted by atomic mass is 10.2. The van der Waals surface area contributed by atoms with Gasteiger partial charge >= 0.3 is 6.18 Å². The molecule has 20 heavy (non-hydrogen) atoms. The highest BCUT2D eigenvalue weighted by atomic mass is 19.4. The van der Waals surface area contributed by atoms with Gasteiger partial charge in [-0.3, -0.25) is 0 Å². The molecular formula is C14H15F3N2O. The molecule has 1 aromatic heterocycles. The molecule has 0 unspecified atom stereocenters. The summed E-state index contributed by atoms with van der Waals surface area (Å²) in [6, 6.07) is 4.93. The van der Waals surface area contributed by atoms with Gasteiger partial charge in [0.25, 0.3) is 0 Å². The molecule has 0 bridgehead atoms. The number of hydrogen-bond acceptors (Lipinski definition) is 2. The van der Waals surface area contributed by atoms with Crippen molar-refractivity contribution in [3.8, 4) is 5.75 Å². The molecule has 3 nitrogen and oxygen atoms in total. The Morgan fingerprint density at radius 1 is 1.20 bits per heavy atom. The molecule has 0 fully saturated rings. The highest BCUT2D eigenvalue weighted by Crippen LogP contribution is 2.30. The van der Waals surface area contributed by atoms with Crippen LogP contribution < -0.4 is 4.74 Å². The largest absolute Gasteiger partial charge is 0.487 e. The van der Waals surface area contributed by atoms with Crippen LogP contribution in [0.5, 0.6) is 5.75 Å². The van der Waals surface area contributed by atoms with Crippen molar-refractivity contribution in [3.63, 3.8) is 0 Å². The summed E-state index contributed by atoms with van der Waals surface area (Å²) in [4.78, 5) is 4.17. The van der Waals surface area contributed by atoms with Crippen LogP contribution in [0.25, 0.3) is 0 Å². The number of halogens is 3. The number of ether oxygens (including phenoxy) is 1. The number of aromatic nitrogens is 2. The smallest absolute Gasteiger partial charge is 0.416 e. The minimum atomic E-state index is -4.32. The lowest BCUT2D eigenvalue weighted by molar-refractivity contribution is -0.137. The standard InChI is InChI=1S/C14H15F3N2O/c1-10(2)19-7-12(18-9-19)8-20-13-5-3-11(4-6-13)14(15,16)17/h3-7,9-10H,8H2,1-2H3. The molecule has 0 aliphatic heterocycles. The molecule has 0 N–H and O–H groups in total. The Morgan fingerprint density at radius 2 is 1.85 bits per heavy atom. The maximum absolute atomic E-state index is 12.4. The van der Waals surface area contributed by atoms with Crippen LogP contribution in [0, 0.1) is 0 Å². The molecule has 0 aliphatic carbocycles. The Morgan fingerprint density at radius 3 is 2.35 bits per heavy atom. The first-order chi connectivity index (χ1) is 9.36. The van der Waals surface area contributed by atoms with E-state index in [0.29, 0.717) is 11.8 Å². The Kier molecular flexibility index (Phi) is 4.01.